The van der Waals surface area contributed by atoms with E-state index >= 15 is 0 Å². The van der Waals surface area contributed by atoms with Gasteiger partial charge in [-0.05, 0) is 53.6 Å². The molecule has 0 amide bonds. The van der Waals surface area contributed by atoms with E-state index in [4.69, 9.17) is 9.47 Å². The van der Waals surface area contributed by atoms with Crippen molar-refractivity contribution in [3.8, 4) is 11.1 Å². The lowest BCUT2D eigenvalue weighted by atomic mass is 9.81. The molecule has 0 radical (unpaired) electrons. The van der Waals surface area contributed by atoms with Gasteiger partial charge >= 0.3 is 11.9 Å². The minimum Gasteiger partial charge on any atom is -0.465 e. The molecule has 0 aromatic heterocycles. The molecular weight excluding hydrogens is 438 g/mol. The topological polar surface area (TPSA) is 55.8 Å². The number of rotatable bonds is 7. The summed E-state index contributed by atoms with van der Waals surface area (Å²) < 4.78 is 10.5. The maximum atomic E-state index is 13.3. The van der Waals surface area contributed by atoms with Crippen molar-refractivity contribution in [2.45, 2.75) is 45.7 Å². The maximum absolute atomic E-state index is 13.3. The van der Waals surface area contributed by atoms with E-state index in [1.54, 1.807) is 0 Å². The molecule has 3 aromatic rings. The van der Waals surface area contributed by atoms with Gasteiger partial charge in [-0.25, -0.2) is 9.59 Å². The Bertz CT molecular complexity index is 1190. The molecule has 35 heavy (non-hydrogen) atoms. The number of esters is 2. The van der Waals surface area contributed by atoms with Crippen LogP contribution in [0.15, 0.2) is 60.7 Å². The van der Waals surface area contributed by atoms with Crippen molar-refractivity contribution in [3.63, 3.8) is 0 Å². The van der Waals surface area contributed by atoms with E-state index in [-0.39, 0.29) is 0 Å². The van der Waals surface area contributed by atoms with Gasteiger partial charge in [-0.2, -0.15) is 0 Å². The van der Waals surface area contributed by atoms with Crippen LogP contribution < -0.4 is 0 Å². The summed E-state index contributed by atoms with van der Waals surface area (Å²) in [6.45, 7) is 4.54. The number of ether oxygens (including phenoxy) is 2. The Balaban J connectivity index is 2.00. The number of fused-ring (bicyclic) bond motifs is 1. The Morgan fingerprint density at radius 2 is 1.49 bits per heavy atom. The van der Waals surface area contributed by atoms with Gasteiger partial charge in [0.1, 0.15) is 0 Å². The van der Waals surface area contributed by atoms with Crippen molar-refractivity contribution in [1.29, 1.82) is 0 Å². The highest BCUT2D eigenvalue weighted by Gasteiger charge is 2.33. The lowest BCUT2D eigenvalue weighted by Gasteiger charge is -2.26. The zero-order chi connectivity index (χ0) is 24.8. The van der Waals surface area contributed by atoms with Crippen LogP contribution in [0.1, 0.15) is 62.7 Å². The molecule has 0 saturated carbocycles. The van der Waals surface area contributed by atoms with Crippen molar-refractivity contribution < 1.29 is 19.1 Å². The summed E-state index contributed by atoms with van der Waals surface area (Å²) in [5, 5.41) is 0. The minimum absolute atomic E-state index is 0.314. The highest BCUT2D eigenvalue weighted by atomic mass is 16.5. The molecule has 182 valence electrons. The second kappa shape index (κ2) is 11.3. The van der Waals surface area contributed by atoms with Gasteiger partial charge in [-0.1, -0.05) is 74.0 Å². The first-order valence-corrected chi connectivity index (χ1v) is 12.3. The largest absolute Gasteiger partial charge is 0.465 e. The fraction of sp³-hybridized carbons (Fsp3) is 0.333. The van der Waals surface area contributed by atoms with E-state index in [1.807, 2.05) is 36.4 Å². The van der Waals surface area contributed by atoms with Crippen molar-refractivity contribution >= 4 is 11.9 Å². The fourth-order valence-electron chi connectivity index (χ4n) is 5.23. The normalized spacial score (nSPS) is 13.6. The Morgan fingerprint density at radius 3 is 2.11 bits per heavy atom. The van der Waals surface area contributed by atoms with E-state index in [2.05, 4.69) is 36.1 Å². The van der Waals surface area contributed by atoms with Crippen LogP contribution in [-0.4, -0.2) is 37.6 Å². The predicted octanol–water partition coefficient (Wildman–Crippen LogP) is 5.83. The SMILES string of the molecule is CCCc1c2c(c(-c3ccccc3)c(C(=O)OC)c1C(=O)OC)CN(Cc1ccccc1)CCC2. The molecule has 0 unspecified atom stereocenters. The van der Waals surface area contributed by atoms with Gasteiger partial charge in [-0.3, -0.25) is 4.90 Å². The molecule has 3 aromatic carbocycles. The zero-order valence-electron chi connectivity index (χ0n) is 20.8. The van der Waals surface area contributed by atoms with Gasteiger partial charge in [0.25, 0.3) is 0 Å². The number of benzene rings is 3. The molecule has 0 atom stereocenters. The van der Waals surface area contributed by atoms with E-state index in [9.17, 15) is 9.59 Å². The summed E-state index contributed by atoms with van der Waals surface area (Å²) in [7, 11) is 2.74. The van der Waals surface area contributed by atoms with Crippen LogP contribution in [-0.2, 0) is 35.4 Å². The second-order valence-electron chi connectivity index (χ2n) is 8.96. The molecule has 0 saturated heterocycles. The van der Waals surface area contributed by atoms with Crippen molar-refractivity contribution in [1.82, 2.24) is 4.90 Å². The average Bonchev–Trinajstić information content (AvgIpc) is 3.11. The predicted molar refractivity (Wildman–Crippen MR) is 137 cm³/mol. The molecule has 1 aliphatic rings. The van der Waals surface area contributed by atoms with Gasteiger partial charge in [0.15, 0.2) is 0 Å². The third kappa shape index (κ3) is 5.15. The van der Waals surface area contributed by atoms with Crippen LogP contribution in [0, 0.1) is 0 Å². The minimum atomic E-state index is -0.511. The van der Waals surface area contributed by atoms with E-state index in [1.165, 1.54) is 25.3 Å². The number of methoxy groups -OCH3 is 2. The van der Waals surface area contributed by atoms with Crippen molar-refractivity contribution in [3.05, 3.63) is 94.0 Å². The van der Waals surface area contributed by atoms with E-state index in [0.717, 1.165) is 54.6 Å². The highest BCUT2D eigenvalue weighted by molar-refractivity contribution is 6.10. The smallest absolute Gasteiger partial charge is 0.339 e. The molecule has 5 nitrogen and oxygen atoms in total. The lowest BCUT2D eigenvalue weighted by molar-refractivity contribution is 0.0554. The highest BCUT2D eigenvalue weighted by Crippen LogP contribution is 2.40. The number of carbonyl (C=O) groups excluding carboxylic acids is 2. The molecule has 1 aliphatic heterocycles. The standard InChI is InChI=1S/C30H33NO4/c1-4-12-24-23-17-11-18-31(19-21-13-7-5-8-14-21)20-25(23)26(22-15-9-6-10-16-22)28(30(33)35-3)27(24)29(32)34-2/h5-10,13-16H,4,11-12,17-20H2,1-3H3. The summed E-state index contributed by atoms with van der Waals surface area (Å²) in [6.07, 6.45) is 3.38. The van der Waals surface area contributed by atoms with Gasteiger partial charge in [0, 0.05) is 18.7 Å². The summed E-state index contributed by atoms with van der Waals surface area (Å²) in [6, 6.07) is 20.3. The van der Waals surface area contributed by atoms with Crippen LogP contribution >= 0.6 is 0 Å². The second-order valence-corrected chi connectivity index (χ2v) is 8.96. The molecule has 5 heteroatoms. The van der Waals surface area contributed by atoms with E-state index in [0.29, 0.717) is 24.1 Å². The van der Waals surface area contributed by atoms with Gasteiger partial charge in [0.2, 0.25) is 0 Å². The summed E-state index contributed by atoms with van der Waals surface area (Å²) >= 11 is 0. The zero-order valence-corrected chi connectivity index (χ0v) is 20.8. The summed E-state index contributed by atoms with van der Waals surface area (Å²) in [5.74, 6) is -0.998. The third-order valence-corrected chi connectivity index (χ3v) is 6.71. The molecule has 0 spiro atoms. The molecule has 0 aliphatic carbocycles. The van der Waals surface area contributed by atoms with Crippen LogP contribution in [0.5, 0.6) is 0 Å². The third-order valence-electron chi connectivity index (χ3n) is 6.71. The van der Waals surface area contributed by atoms with Crippen LogP contribution in [0.3, 0.4) is 0 Å². The average molecular weight is 472 g/mol. The number of nitrogens with zero attached hydrogens (tertiary/aromatic N) is 1. The maximum Gasteiger partial charge on any atom is 0.339 e. The molecule has 0 bridgehead atoms. The number of hydrogen-bond donors (Lipinski definition) is 0. The molecule has 0 fully saturated rings. The summed E-state index contributed by atoms with van der Waals surface area (Å²) in [5.41, 5.74) is 6.83. The van der Waals surface area contributed by atoms with Gasteiger partial charge in [0.05, 0.1) is 25.3 Å². The first-order chi connectivity index (χ1) is 17.1. The van der Waals surface area contributed by atoms with Crippen molar-refractivity contribution in [2.24, 2.45) is 0 Å². The quantitative estimate of drug-likeness (QED) is 0.406. The Morgan fingerprint density at radius 1 is 0.857 bits per heavy atom. The van der Waals surface area contributed by atoms with E-state index < -0.39 is 11.9 Å². The number of carbonyl (C=O) groups is 2. The first-order valence-electron chi connectivity index (χ1n) is 12.3. The monoisotopic (exact) mass is 471 g/mol. The van der Waals surface area contributed by atoms with Crippen LogP contribution in [0.4, 0.5) is 0 Å². The van der Waals surface area contributed by atoms with Crippen LogP contribution in [0.2, 0.25) is 0 Å². The molecule has 0 N–H and O–H groups in total. The van der Waals surface area contributed by atoms with Crippen LogP contribution in [0.25, 0.3) is 11.1 Å². The first kappa shape index (κ1) is 24.7. The Kier molecular flexibility index (Phi) is 7.98. The lowest BCUT2D eigenvalue weighted by Crippen LogP contribution is -2.24. The number of hydrogen-bond acceptors (Lipinski definition) is 5. The molecule has 4 rings (SSSR count). The van der Waals surface area contributed by atoms with Gasteiger partial charge in [-0.15, -0.1) is 0 Å². The molecular formula is C30H33NO4. The Hall–Kier alpha value is -3.44. The summed E-state index contributed by atoms with van der Waals surface area (Å²) in [4.78, 5) is 28.9. The van der Waals surface area contributed by atoms with Crippen molar-refractivity contribution in [2.75, 3.05) is 20.8 Å². The fourth-order valence-corrected chi connectivity index (χ4v) is 5.23. The Labute approximate surface area is 207 Å². The van der Waals surface area contributed by atoms with Gasteiger partial charge < -0.3 is 9.47 Å². The molecule has 1 heterocycles.